The van der Waals surface area contributed by atoms with Crippen molar-refractivity contribution in [2.75, 3.05) is 0 Å². The first kappa shape index (κ1) is 23.9. The van der Waals surface area contributed by atoms with E-state index in [2.05, 4.69) is 135 Å². The number of benzene rings is 3. The van der Waals surface area contributed by atoms with Crippen LogP contribution in [0.5, 0.6) is 0 Å². The second kappa shape index (κ2) is 8.63. The van der Waals surface area contributed by atoms with Crippen molar-refractivity contribution >= 4 is 27.7 Å². The minimum absolute atomic E-state index is 0.149. The predicted octanol–water partition coefficient (Wildman–Crippen LogP) is 6.10. The zero-order valence-corrected chi connectivity index (χ0v) is 22.8. The van der Waals surface area contributed by atoms with Gasteiger partial charge in [-0.05, 0) is 0 Å². The quantitative estimate of drug-likeness (QED) is 0.403. The van der Waals surface area contributed by atoms with E-state index in [0.29, 0.717) is 0 Å². The number of rotatable bonds is 3. The molecule has 3 aromatic rings. The first-order valence-electron chi connectivity index (χ1n) is 11.4. The zero-order chi connectivity index (χ0) is 23.0. The van der Waals surface area contributed by atoms with E-state index in [0.717, 1.165) is 0 Å². The van der Waals surface area contributed by atoms with Gasteiger partial charge in [0.15, 0.2) is 0 Å². The normalized spacial score (nSPS) is 13.0. The molecule has 0 fully saturated rings. The molecule has 0 aromatic heterocycles. The summed E-state index contributed by atoms with van der Waals surface area (Å²) >= 11 is -1.70. The summed E-state index contributed by atoms with van der Waals surface area (Å²) in [4.78, 5) is 0. The molecule has 0 unspecified atom stereocenters. The molecule has 0 N–H and O–H groups in total. The van der Waals surface area contributed by atoms with E-state index < -0.39 is 14.7 Å². The Morgan fingerprint density at radius 2 is 0.677 bits per heavy atom. The van der Waals surface area contributed by atoms with Crippen molar-refractivity contribution in [2.24, 2.45) is 0 Å². The molecule has 0 saturated carbocycles. The number of hydrogen-bond donors (Lipinski definition) is 0. The molecular formula is C30H39As. The van der Waals surface area contributed by atoms with Gasteiger partial charge in [0.05, 0.1) is 0 Å². The molecular weight excluding hydrogens is 435 g/mol. The van der Waals surface area contributed by atoms with Crippen LogP contribution in [0.25, 0.3) is 0 Å². The van der Waals surface area contributed by atoms with Gasteiger partial charge in [-0.3, -0.25) is 0 Å². The van der Waals surface area contributed by atoms with Gasteiger partial charge in [0.1, 0.15) is 0 Å². The van der Waals surface area contributed by atoms with Gasteiger partial charge >= 0.3 is 196 Å². The van der Waals surface area contributed by atoms with E-state index >= 15 is 0 Å². The third kappa shape index (κ3) is 5.72. The van der Waals surface area contributed by atoms with Crippen LogP contribution < -0.4 is 13.1 Å². The first-order valence-corrected chi connectivity index (χ1v) is 14.2. The Kier molecular flexibility index (Phi) is 6.65. The maximum atomic E-state index is 2.48. The molecule has 3 aromatic carbocycles. The summed E-state index contributed by atoms with van der Waals surface area (Å²) < 4.78 is 4.53. The summed E-state index contributed by atoms with van der Waals surface area (Å²) in [6.07, 6.45) is 0. The maximum absolute atomic E-state index is 2.48. The van der Waals surface area contributed by atoms with Crippen molar-refractivity contribution in [3.8, 4) is 0 Å². The average Bonchev–Trinajstić information content (AvgIpc) is 2.67. The molecule has 164 valence electrons. The summed E-state index contributed by atoms with van der Waals surface area (Å²) in [6.45, 7) is 20.8. The van der Waals surface area contributed by atoms with Crippen molar-refractivity contribution in [3.63, 3.8) is 0 Å². The van der Waals surface area contributed by atoms with Crippen LogP contribution in [0.2, 0.25) is 0 Å². The second-order valence-corrected chi connectivity index (χ2v) is 16.4. The molecule has 0 aliphatic heterocycles. The average molecular weight is 475 g/mol. The van der Waals surface area contributed by atoms with Gasteiger partial charge in [-0.15, -0.1) is 0 Å². The Bertz CT molecular complexity index is 902. The van der Waals surface area contributed by atoms with E-state index in [1.54, 1.807) is 0 Å². The number of hydrogen-bond acceptors (Lipinski definition) is 0. The van der Waals surface area contributed by atoms with Gasteiger partial charge in [0.25, 0.3) is 0 Å². The van der Waals surface area contributed by atoms with Crippen molar-refractivity contribution in [1.29, 1.82) is 0 Å². The van der Waals surface area contributed by atoms with E-state index in [9.17, 15) is 0 Å². The molecule has 0 spiro atoms. The van der Waals surface area contributed by atoms with Crippen LogP contribution in [-0.4, -0.2) is 14.7 Å². The van der Waals surface area contributed by atoms with E-state index in [4.69, 9.17) is 0 Å². The molecule has 0 atom stereocenters. The molecule has 0 bridgehead atoms. The Hall–Kier alpha value is -1.78. The molecule has 3 rings (SSSR count). The molecule has 31 heavy (non-hydrogen) atoms. The summed E-state index contributed by atoms with van der Waals surface area (Å²) in [5, 5.41) is 0. The second-order valence-electron chi connectivity index (χ2n) is 11.7. The summed E-state index contributed by atoms with van der Waals surface area (Å²) in [6, 6.07) is 28.2. The summed E-state index contributed by atoms with van der Waals surface area (Å²) in [5.41, 5.74) is 4.71. The van der Waals surface area contributed by atoms with Crippen LogP contribution in [0.4, 0.5) is 0 Å². The fraction of sp³-hybridized carbons (Fsp3) is 0.400. The van der Waals surface area contributed by atoms with Crippen molar-refractivity contribution in [2.45, 2.75) is 78.6 Å². The zero-order valence-electron chi connectivity index (χ0n) is 20.9. The predicted molar refractivity (Wildman–Crippen MR) is 140 cm³/mol. The fourth-order valence-electron chi connectivity index (χ4n) is 3.78. The summed E-state index contributed by atoms with van der Waals surface area (Å²) in [5.74, 6) is 0. The molecule has 0 aliphatic rings. The van der Waals surface area contributed by atoms with Crippen molar-refractivity contribution < 1.29 is 0 Å². The third-order valence-corrected chi connectivity index (χ3v) is 10.9. The van der Waals surface area contributed by atoms with Crippen molar-refractivity contribution in [3.05, 3.63) is 89.5 Å². The molecule has 1 heteroatoms. The Morgan fingerprint density at radius 3 is 0.903 bits per heavy atom. The van der Waals surface area contributed by atoms with Gasteiger partial charge in [0, 0.05) is 0 Å². The standard InChI is InChI=1S/C30H39As/c1-28(2,3)22-13-10-16-25(19-22)31(26-17-11-14-23(20-26)29(4,5)6)27-18-12-15-24(21-27)30(7,8)9/h10-21H,1-9H3. The summed E-state index contributed by atoms with van der Waals surface area (Å²) in [7, 11) is 0. The molecule has 0 amide bonds. The van der Waals surface area contributed by atoms with E-state index in [1.807, 2.05) is 0 Å². The molecule has 0 heterocycles. The monoisotopic (exact) mass is 474 g/mol. The van der Waals surface area contributed by atoms with Crippen molar-refractivity contribution in [1.82, 2.24) is 0 Å². The Morgan fingerprint density at radius 1 is 0.419 bits per heavy atom. The Labute approximate surface area is 195 Å². The molecule has 0 radical (unpaired) electrons. The van der Waals surface area contributed by atoms with Gasteiger partial charge < -0.3 is 0 Å². The van der Waals surface area contributed by atoms with Crippen LogP contribution in [-0.2, 0) is 16.2 Å². The van der Waals surface area contributed by atoms with Gasteiger partial charge in [-0.1, -0.05) is 0 Å². The van der Waals surface area contributed by atoms with Crippen LogP contribution in [0, 0.1) is 0 Å². The minimum atomic E-state index is -1.70. The topological polar surface area (TPSA) is 0 Å². The molecule has 0 nitrogen and oxygen atoms in total. The van der Waals surface area contributed by atoms with Gasteiger partial charge in [-0.25, -0.2) is 0 Å². The van der Waals surface area contributed by atoms with Gasteiger partial charge in [0.2, 0.25) is 0 Å². The van der Waals surface area contributed by atoms with Crippen LogP contribution in [0.15, 0.2) is 72.8 Å². The van der Waals surface area contributed by atoms with Crippen LogP contribution in [0.3, 0.4) is 0 Å². The van der Waals surface area contributed by atoms with Crippen LogP contribution >= 0.6 is 0 Å². The van der Waals surface area contributed by atoms with Gasteiger partial charge in [-0.2, -0.15) is 0 Å². The fourth-order valence-corrected chi connectivity index (χ4v) is 8.83. The molecule has 0 saturated heterocycles. The van der Waals surface area contributed by atoms with E-state index in [1.165, 1.54) is 29.7 Å². The first-order chi connectivity index (χ1) is 14.3. The third-order valence-electron chi connectivity index (χ3n) is 5.91. The Balaban J connectivity index is 2.24. The van der Waals surface area contributed by atoms with Crippen LogP contribution in [0.1, 0.15) is 79.0 Å². The van der Waals surface area contributed by atoms with E-state index in [-0.39, 0.29) is 16.2 Å². The SMILES string of the molecule is CC(C)(C)c1cccc([As](c2cccc(C(C)(C)C)c2)c2cccc(C(C)(C)C)c2)c1. The molecule has 0 aliphatic carbocycles.